The van der Waals surface area contributed by atoms with Crippen molar-refractivity contribution in [2.75, 3.05) is 5.32 Å². The summed E-state index contributed by atoms with van der Waals surface area (Å²) in [6.45, 7) is 0. The van der Waals surface area contributed by atoms with E-state index in [1.807, 2.05) is 0 Å². The lowest BCUT2D eigenvalue weighted by Gasteiger charge is -2.05. The van der Waals surface area contributed by atoms with Gasteiger partial charge in [0.15, 0.2) is 0 Å². The highest BCUT2D eigenvalue weighted by atomic mass is 35.5. The van der Waals surface area contributed by atoms with Crippen molar-refractivity contribution >= 4 is 23.2 Å². The summed E-state index contributed by atoms with van der Waals surface area (Å²) in [5.41, 5.74) is 0.679. The van der Waals surface area contributed by atoms with Crippen molar-refractivity contribution in [1.82, 2.24) is 0 Å². The van der Waals surface area contributed by atoms with Crippen LogP contribution in [-0.4, -0.2) is 11.0 Å². The first-order valence-corrected chi connectivity index (χ1v) is 5.49. The van der Waals surface area contributed by atoms with E-state index in [-0.39, 0.29) is 16.3 Å². The van der Waals surface area contributed by atoms with Crippen molar-refractivity contribution in [3.8, 4) is 5.75 Å². The van der Waals surface area contributed by atoms with Gasteiger partial charge >= 0.3 is 0 Å². The molecule has 0 aliphatic heterocycles. The van der Waals surface area contributed by atoms with Crippen molar-refractivity contribution < 1.29 is 14.3 Å². The number of phenolic OH excluding ortho intramolecular Hbond substituents is 1. The van der Waals surface area contributed by atoms with Crippen LogP contribution in [-0.2, 0) is 0 Å². The molecule has 0 bridgehead atoms. The molecule has 5 heteroatoms. The summed E-state index contributed by atoms with van der Waals surface area (Å²) in [4.78, 5) is 11.8. The Morgan fingerprint density at radius 3 is 2.44 bits per heavy atom. The average Bonchev–Trinajstić information content (AvgIpc) is 2.35. The first-order valence-electron chi connectivity index (χ1n) is 5.12. The molecule has 0 saturated carbocycles. The van der Waals surface area contributed by atoms with Crippen molar-refractivity contribution in [2.45, 2.75) is 0 Å². The Kier molecular flexibility index (Phi) is 3.48. The number of halogens is 2. The van der Waals surface area contributed by atoms with E-state index in [0.29, 0.717) is 5.69 Å². The largest absolute Gasteiger partial charge is 0.508 e. The first-order chi connectivity index (χ1) is 8.56. The number of aromatic hydroxyl groups is 1. The molecule has 2 aromatic rings. The van der Waals surface area contributed by atoms with Crippen LogP contribution in [0.2, 0.25) is 5.02 Å². The van der Waals surface area contributed by atoms with Gasteiger partial charge in [0.25, 0.3) is 5.91 Å². The molecule has 0 atom stereocenters. The molecule has 0 radical (unpaired) electrons. The van der Waals surface area contributed by atoms with Gasteiger partial charge in [0, 0.05) is 11.3 Å². The lowest BCUT2D eigenvalue weighted by molar-refractivity contribution is 0.102. The van der Waals surface area contributed by atoms with Gasteiger partial charge in [0.2, 0.25) is 0 Å². The summed E-state index contributed by atoms with van der Waals surface area (Å²) in [6, 6.07) is 9.79. The van der Waals surface area contributed by atoms with Crippen LogP contribution in [0.15, 0.2) is 42.5 Å². The smallest absolute Gasteiger partial charge is 0.255 e. The summed E-state index contributed by atoms with van der Waals surface area (Å²) in [5.74, 6) is -0.989. The van der Waals surface area contributed by atoms with Crippen molar-refractivity contribution in [2.24, 2.45) is 0 Å². The highest BCUT2D eigenvalue weighted by Gasteiger charge is 2.09. The molecule has 2 aromatic carbocycles. The predicted molar refractivity (Wildman–Crippen MR) is 67.5 cm³/mol. The molecule has 92 valence electrons. The van der Waals surface area contributed by atoms with Crippen LogP contribution in [0.1, 0.15) is 10.4 Å². The Morgan fingerprint density at radius 1 is 1.17 bits per heavy atom. The molecule has 2 N–H and O–H groups in total. The topological polar surface area (TPSA) is 49.3 Å². The summed E-state index contributed by atoms with van der Waals surface area (Å²) in [7, 11) is 0. The third kappa shape index (κ3) is 2.78. The predicted octanol–water partition coefficient (Wildman–Crippen LogP) is 3.44. The van der Waals surface area contributed by atoms with E-state index in [9.17, 15) is 9.18 Å². The second-order valence-electron chi connectivity index (χ2n) is 3.63. The molecule has 0 saturated heterocycles. The van der Waals surface area contributed by atoms with E-state index in [0.717, 1.165) is 6.07 Å². The van der Waals surface area contributed by atoms with Gasteiger partial charge in [-0.1, -0.05) is 11.6 Å². The third-order valence-electron chi connectivity index (χ3n) is 2.31. The maximum absolute atomic E-state index is 13.2. The van der Waals surface area contributed by atoms with Gasteiger partial charge in [0.05, 0.1) is 5.02 Å². The molecule has 0 spiro atoms. The molecule has 2 rings (SSSR count). The van der Waals surface area contributed by atoms with Crippen LogP contribution >= 0.6 is 11.6 Å². The Bertz CT molecular complexity index is 584. The number of benzene rings is 2. The summed E-state index contributed by atoms with van der Waals surface area (Å²) in [5, 5.41) is 11.6. The van der Waals surface area contributed by atoms with E-state index >= 15 is 0 Å². The zero-order chi connectivity index (χ0) is 13.1. The second-order valence-corrected chi connectivity index (χ2v) is 4.04. The minimum Gasteiger partial charge on any atom is -0.508 e. The van der Waals surface area contributed by atoms with Crippen LogP contribution in [0.4, 0.5) is 10.1 Å². The Balaban J connectivity index is 2.16. The molecule has 18 heavy (non-hydrogen) atoms. The van der Waals surface area contributed by atoms with Crippen LogP contribution in [0, 0.1) is 5.82 Å². The highest BCUT2D eigenvalue weighted by Crippen LogP contribution is 2.18. The normalized spacial score (nSPS) is 10.1. The zero-order valence-corrected chi connectivity index (χ0v) is 9.91. The molecule has 0 aliphatic rings. The van der Waals surface area contributed by atoms with Gasteiger partial charge in [0.1, 0.15) is 11.6 Å². The van der Waals surface area contributed by atoms with E-state index in [1.165, 1.54) is 24.3 Å². The van der Waals surface area contributed by atoms with E-state index in [2.05, 4.69) is 5.32 Å². The molecule has 0 aliphatic carbocycles. The number of anilines is 1. The quantitative estimate of drug-likeness (QED) is 0.817. The Morgan fingerprint density at radius 2 is 1.83 bits per heavy atom. The summed E-state index contributed by atoms with van der Waals surface area (Å²) >= 11 is 5.53. The molecular formula is C13H9ClFNO2. The average molecular weight is 266 g/mol. The number of carbonyl (C=O) groups excluding carboxylic acids is 1. The van der Waals surface area contributed by atoms with Crippen LogP contribution in [0.3, 0.4) is 0 Å². The van der Waals surface area contributed by atoms with Gasteiger partial charge in [-0.15, -0.1) is 0 Å². The number of hydrogen-bond donors (Lipinski definition) is 2. The standard InChI is InChI=1S/C13H9ClFNO2/c14-11-6-1-8(7-12(11)15)13(18)16-9-2-4-10(17)5-3-9/h1-7,17H,(H,16,18). The minimum absolute atomic E-state index is 0.0313. The zero-order valence-electron chi connectivity index (χ0n) is 9.15. The van der Waals surface area contributed by atoms with Crippen molar-refractivity contribution in [3.05, 3.63) is 58.9 Å². The lowest BCUT2D eigenvalue weighted by atomic mass is 10.2. The number of phenols is 1. The summed E-state index contributed by atoms with van der Waals surface area (Å²) in [6.07, 6.45) is 0. The SMILES string of the molecule is O=C(Nc1ccc(O)cc1)c1ccc(Cl)c(F)c1. The van der Waals surface area contributed by atoms with Crippen molar-refractivity contribution in [1.29, 1.82) is 0 Å². The lowest BCUT2D eigenvalue weighted by Crippen LogP contribution is -2.11. The van der Waals surface area contributed by atoms with Gasteiger partial charge in [-0.2, -0.15) is 0 Å². The van der Waals surface area contributed by atoms with Crippen LogP contribution in [0.25, 0.3) is 0 Å². The highest BCUT2D eigenvalue weighted by molar-refractivity contribution is 6.30. The fourth-order valence-corrected chi connectivity index (χ4v) is 1.50. The fourth-order valence-electron chi connectivity index (χ4n) is 1.39. The maximum Gasteiger partial charge on any atom is 0.255 e. The minimum atomic E-state index is -0.643. The number of nitrogens with one attached hydrogen (secondary N) is 1. The van der Waals surface area contributed by atoms with E-state index in [1.54, 1.807) is 12.1 Å². The molecule has 3 nitrogen and oxygen atoms in total. The van der Waals surface area contributed by atoms with E-state index in [4.69, 9.17) is 16.7 Å². The van der Waals surface area contributed by atoms with Crippen LogP contribution < -0.4 is 5.32 Å². The third-order valence-corrected chi connectivity index (χ3v) is 2.61. The molecule has 0 unspecified atom stereocenters. The molecule has 0 heterocycles. The Hall–Kier alpha value is -2.07. The van der Waals surface area contributed by atoms with Gasteiger partial charge in [-0.3, -0.25) is 4.79 Å². The monoisotopic (exact) mass is 265 g/mol. The molecule has 1 amide bonds. The maximum atomic E-state index is 13.2. The fraction of sp³-hybridized carbons (Fsp3) is 0. The number of carbonyl (C=O) groups is 1. The summed E-state index contributed by atoms with van der Waals surface area (Å²) < 4.78 is 13.2. The number of amides is 1. The van der Waals surface area contributed by atoms with Crippen LogP contribution in [0.5, 0.6) is 5.75 Å². The van der Waals surface area contributed by atoms with E-state index < -0.39 is 11.7 Å². The number of rotatable bonds is 2. The van der Waals surface area contributed by atoms with Gasteiger partial charge in [-0.25, -0.2) is 4.39 Å². The second kappa shape index (κ2) is 5.06. The molecule has 0 fully saturated rings. The van der Waals surface area contributed by atoms with Crippen molar-refractivity contribution in [3.63, 3.8) is 0 Å². The first kappa shape index (κ1) is 12.4. The Labute approximate surface area is 108 Å². The van der Waals surface area contributed by atoms with Gasteiger partial charge < -0.3 is 10.4 Å². The number of hydrogen-bond acceptors (Lipinski definition) is 2. The molecule has 0 aromatic heterocycles. The van der Waals surface area contributed by atoms with Gasteiger partial charge in [-0.05, 0) is 42.5 Å². The molecular weight excluding hydrogens is 257 g/mol.